The largest absolute Gasteiger partial charge is 0.469 e. The van der Waals surface area contributed by atoms with Gasteiger partial charge in [0.25, 0.3) is 5.91 Å². The molecule has 1 atom stereocenters. The lowest BCUT2D eigenvalue weighted by atomic mass is 9.97. The van der Waals surface area contributed by atoms with Crippen molar-refractivity contribution in [2.75, 3.05) is 27.0 Å². The van der Waals surface area contributed by atoms with Crippen LogP contribution in [0.4, 0.5) is 0 Å². The molecule has 0 saturated carbocycles. The maximum atomic E-state index is 12.5. The van der Waals surface area contributed by atoms with E-state index in [0.29, 0.717) is 30.2 Å². The molecule has 1 amide bonds. The molecule has 6 heteroatoms. The highest BCUT2D eigenvalue weighted by molar-refractivity contribution is 5.95. The van der Waals surface area contributed by atoms with Crippen molar-refractivity contribution >= 4 is 11.9 Å². The predicted octanol–water partition coefficient (Wildman–Crippen LogP) is 1.44. The minimum atomic E-state index is -0.252. The van der Waals surface area contributed by atoms with E-state index < -0.39 is 0 Å². The Morgan fingerprint density at radius 3 is 2.90 bits per heavy atom. The third-order valence-electron chi connectivity index (χ3n) is 3.86. The minimum Gasteiger partial charge on any atom is -0.469 e. The maximum absolute atomic E-state index is 12.5. The van der Waals surface area contributed by atoms with E-state index in [1.165, 1.54) is 7.11 Å². The number of rotatable bonds is 2. The number of hydrogen-bond acceptors (Lipinski definition) is 5. The molecule has 0 radical (unpaired) electrons. The van der Waals surface area contributed by atoms with Gasteiger partial charge in [-0.15, -0.1) is 0 Å². The summed E-state index contributed by atoms with van der Waals surface area (Å²) in [6.45, 7) is 1.24. The molecule has 0 N–H and O–H groups in total. The van der Waals surface area contributed by atoms with E-state index in [-0.39, 0.29) is 24.6 Å². The number of methoxy groups -OCH3 is 1. The Kier molecular flexibility index (Phi) is 3.68. The van der Waals surface area contributed by atoms with Crippen LogP contribution < -0.4 is 9.47 Å². The Labute approximate surface area is 122 Å². The van der Waals surface area contributed by atoms with E-state index in [2.05, 4.69) is 0 Å². The van der Waals surface area contributed by atoms with Crippen LogP contribution in [0.15, 0.2) is 18.2 Å². The molecule has 1 aromatic carbocycles. The van der Waals surface area contributed by atoms with E-state index in [0.717, 1.165) is 12.8 Å². The summed E-state index contributed by atoms with van der Waals surface area (Å²) in [6.07, 6.45) is 1.56. The number of fused-ring (bicyclic) bond motifs is 1. The molecule has 2 aliphatic rings. The Morgan fingerprint density at radius 1 is 1.29 bits per heavy atom. The summed E-state index contributed by atoms with van der Waals surface area (Å²) in [4.78, 5) is 25.9. The van der Waals surface area contributed by atoms with Gasteiger partial charge in [-0.05, 0) is 31.0 Å². The van der Waals surface area contributed by atoms with Crippen molar-refractivity contribution in [3.8, 4) is 11.5 Å². The number of esters is 1. The average molecular weight is 291 g/mol. The molecule has 1 fully saturated rings. The highest BCUT2D eigenvalue weighted by atomic mass is 16.7. The van der Waals surface area contributed by atoms with Crippen molar-refractivity contribution in [2.24, 2.45) is 5.92 Å². The quantitative estimate of drug-likeness (QED) is 0.771. The molecule has 2 aliphatic heterocycles. The second kappa shape index (κ2) is 5.63. The van der Waals surface area contributed by atoms with Crippen molar-refractivity contribution in [3.05, 3.63) is 23.8 Å². The number of nitrogens with zero attached hydrogens (tertiary/aromatic N) is 1. The van der Waals surface area contributed by atoms with Crippen LogP contribution in [0.2, 0.25) is 0 Å². The first-order valence-electron chi connectivity index (χ1n) is 6.96. The van der Waals surface area contributed by atoms with E-state index in [9.17, 15) is 9.59 Å². The summed E-state index contributed by atoms with van der Waals surface area (Å²) in [5.74, 6) is 0.654. The van der Waals surface area contributed by atoms with Crippen LogP contribution in [0.3, 0.4) is 0 Å². The number of carbonyl (C=O) groups is 2. The molecular formula is C15H17NO5. The van der Waals surface area contributed by atoms with Gasteiger partial charge in [-0.2, -0.15) is 0 Å². The van der Waals surface area contributed by atoms with Crippen molar-refractivity contribution in [2.45, 2.75) is 12.8 Å². The molecule has 112 valence electrons. The molecule has 0 aliphatic carbocycles. The van der Waals surface area contributed by atoms with Gasteiger partial charge in [0, 0.05) is 18.7 Å². The van der Waals surface area contributed by atoms with Gasteiger partial charge in [0.05, 0.1) is 13.0 Å². The lowest BCUT2D eigenvalue weighted by Gasteiger charge is -2.31. The fourth-order valence-electron chi connectivity index (χ4n) is 2.73. The Balaban J connectivity index is 1.74. The summed E-state index contributed by atoms with van der Waals surface area (Å²) >= 11 is 0. The Morgan fingerprint density at radius 2 is 2.10 bits per heavy atom. The second-order valence-corrected chi connectivity index (χ2v) is 5.18. The third-order valence-corrected chi connectivity index (χ3v) is 3.86. The average Bonchev–Trinajstić information content (AvgIpc) is 3.01. The summed E-state index contributed by atoms with van der Waals surface area (Å²) in [5.41, 5.74) is 0.546. The zero-order valence-electron chi connectivity index (χ0n) is 11.8. The lowest BCUT2D eigenvalue weighted by Crippen LogP contribution is -2.42. The molecule has 0 unspecified atom stereocenters. The van der Waals surface area contributed by atoms with Crippen molar-refractivity contribution in [1.82, 2.24) is 4.90 Å². The molecule has 0 spiro atoms. The number of benzene rings is 1. The summed E-state index contributed by atoms with van der Waals surface area (Å²) in [6, 6.07) is 5.14. The van der Waals surface area contributed by atoms with Gasteiger partial charge in [-0.25, -0.2) is 0 Å². The van der Waals surface area contributed by atoms with Gasteiger partial charge in [0.2, 0.25) is 6.79 Å². The summed E-state index contributed by atoms with van der Waals surface area (Å²) in [5, 5.41) is 0. The monoisotopic (exact) mass is 291 g/mol. The normalized spacial score (nSPS) is 20.2. The summed E-state index contributed by atoms with van der Waals surface area (Å²) in [7, 11) is 1.38. The number of amides is 1. The first-order chi connectivity index (χ1) is 10.2. The van der Waals surface area contributed by atoms with Crippen molar-refractivity contribution in [3.63, 3.8) is 0 Å². The van der Waals surface area contributed by atoms with Gasteiger partial charge in [0.15, 0.2) is 11.5 Å². The Hall–Kier alpha value is -2.24. The fraction of sp³-hybridized carbons (Fsp3) is 0.467. The second-order valence-electron chi connectivity index (χ2n) is 5.18. The van der Waals surface area contributed by atoms with E-state index in [1.54, 1.807) is 23.1 Å². The molecule has 0 aromatic heterocycles. The zero-order chi connectivity index (χ0) is 14.8. The number of likely N-dealkylation sites (tertiary alicyclic amines) is 1. The zero-order valence-corrected chi connectivity index (χ0v) is 11.8. The first-order valence-corrected chi connectivity index (χ1v) is 6.96. The molecule has 6 nitrogen and oxygen atoms in total. The predicted molar refractivity (Wildman–Crippen MR) is 73.2 cm³/mol. The Bertz CT molecular complexity index is 571. The van der Waals surface area contributed by atoms with Crippen LogP contribution in [0.25, 0.3) is 0 Å². The smallest absolute Gasteiger partial charge is 0.310 e. The molecule has 0 bridgehead atoms. The van der Waals surface area contributed by atoms with Gasteiger partial charge in [-0.1, -0.05) is 0 Å². The van der Waals surface area contributed by atoms with Crippen molar-refractivity contribution < 1.29 is 23.8 Å². The van der Waals surface area contributed by atoms with Gasteiger partial charge in [-0.3, -0.25) is 9.59 Å². The lowest BCUT2D eigenvalue weighted by molar-refractivity contribution is -0.146. The molecule has 3 rings (SSSR count). The van der Waals surface area contributed by atoms with Crippen LogP contribution in [-0.4, -0.2) is 43.8 Å². The molecule has 2 heterocycles. The van der Waals surface area contributed by atoms with Crippen molar-refractivity contribution in [1.29, 1.82) is 0 Å². The molecule has 21 heavy (non-hydrogen) atoms. The van der Waals surface area contributed by atoms with Crippen LogP contribution in [0.1, 0.15) is 23.2 Å². The third kappa shape index (κ3) is 2.66. The van der Waals surface area contributed by atoms with Crippen LogP contribution in [0, 0.1) is 5.92 Å². The SMILES string of the molecule is COC(=O)[C@@H]1CCCN(C(=O)c2ccc3c(c2)OCO3)C1. The van der Waals surface area contributed by atoms with E-state index >= 15 is 0 Å². The van der Waals surface area contributed by atoms with Crippen LogP contribution in [-0.2, 0) is 9.53 Å². The van der Waals surface area contributed by atoms with Crippen LogP contribution >= 0.6 is 0 Å². The van der Waals surface area contributed by atoms with Gasteiger partial charge in [0.1, 0.15) is 0 Å². The number of carbonyl (C=O) groups excluding carboxylic acids is 2. The fourth-order valence-corrected chi connectivity index (χ4v) is 2.73. The standard InChI is InChI=1S/C15H17NO5/c1-19-15(18)11-3-2-6-16(8-11)14(17)10-4-5-12-13(7-10)21-9-20-12/h4-5,7,11H,2-3,6,8-9H2,1H3/t11-/m1/s1. The van der Waals surface area contributed by atoms with Gasteiger partial charge < -0.3 is 19.1 Å². The van der Waals surface area contributed by atoms with Gasteiger partial charge >= 0.3 is 5.97 Å². The maximum Gasteiger partial charge on any atom is 0.310 e. The minimum absolute atomic E-state index is 0.0955. The van der Waals surface area contributed by atoms with Crippen LogP contribution in [0.5, 0.6) is 11.5 Å². The number of ether oxygens (including phenoxy) is 3. The number of piperidine rings is 1. The molecular weight excluding hydrogens is 274 g/mol. The summed E-state index contributed by atoms with van der Waals surface area (Å²) < 4.78 is 15.3. The molecule has 1 saturated heterocycles. The first kappa shape index (κ1) is 13.7. The van der Waals surface area contributed by atoms with E-state index in [4.69, 9.17) is 14.2 Å². The molecule has 1 aromatic rings. The highest BCUT2D eigenvalue weighted by Crippen LogP contribution is 2.33. The van der Waals surface area contributed by atoms with E-state index in [1.807, 2.05) is 0 Å². The highest BCUT2D eigenvalue weighted by Gasteiger charge is 2.30. The topological polar surface area (TPSA) is 65.1 Å². The number of hydrogen-bond donors (Lipinski definition) is 0.